The van der Waals surface area contributed by atoms with Crippen LogP contribution in [0.1, 0.15) is 12.0 Å². The highest BCUT2D eigenvalue weighted by atomic mass is 35.5. The van der Waals surface area contributed by atoms with E-state index in [2.05, 4.69) is 24.7 Å². The summed E-state index contributed by atoms with van der Waals surface area (Å²) >= 11 is 11.3. The molecule has 0 amide bonds. The molecule has 18 heavy (non-hydrogen) atoms. The van der Waals surface area contributed by atoms with Gasteiger partial charge in [-0.3, -0.25) is 0 Å². The predicted octanol–water partition coefficient (Wildman–Crippen LogP) is 1.47. The fraction of sp³-hybridized carbons (Fsp3) is 0.462. The number of benzene rings is 1. The van der Waals surface area contributed by atoms with E-state index in [1.807, 2.05) is 25.1 Å². The van der Waals surface area contributed by atoms with E-state index in [0.29, 0.717) is 5.11 Å². The van der Waals surface area contributed by atoms with Crippen LogP contribution in [0.15, 0.2) is 18.2 Å². The van der Waals surface area contributed by atoms with E-state index < -0.39 is 0 Å². The second-order valence-corrected chi connectivity index (χ2v) is 5.47. The van der Waals surface area contributed by atoms with Gasteiger partial charge in [0.25, 0.3) is 0 Å². The van der Waals surface area contributed by atoms with E-state index in [0.717, 1.165) is 35.8 Å². The van der Waals surface area contributed by atoms with Gasteiger partial charge in [0, 0.05) is 23.7 Å². The van der Waals surface area contributed by atoms with E-state index >= 15 is 0 Å². The second kappa shape index (κ2) is 7.56. The molecule has 5 heteroatoms. The summed E-state index contributed by atoms with van der Waals surface area (Å²) in [5.41, 5.74) is 1.98. The standard InChI is InChI=1S/C13H20ClN3S/c1-10-5-6-11(9-12(10)14)16-13(18)15-7-4-8-17(2)3/h5-6,9H,4,7-8H2,1-3H3,(H2,15,16,18)/p+1. The topological polar surface area (TPSA) is 28.5 Å². The highest BCUT2D eigenvalue weighted by molar-refractivity contribution is 7.80. The van der Waals surface area contributed by atoms with Crippen LogP contribution in [-0.2, 0) is 0 Å². The Bertz CT molecular complexity index is 407. The molecule has 0 aliphatic rings. The van der Waals surface area contributed by atoms with Crippen molar-refractivity contribution in [1.29, 1.82) is 0 Å². The van der Waals surface area contributed by atoms with Gasteiger partial charge in [0.1, 0.15) is 0 Å². The van der Waals surface area contributed by atoms with Crippen molar-refractivity contribution in [2.45, 2.75) is 13.3 Å². The van der Waals surface area contributed by atoms with Gasteiger partial charge in [-0.05, 0) is 36.8 Å². The summed E-state index contributed by atoms with van der Waals surface area (Å²) < 4.78 is 0. The molecular weight excluding hydrogens is 266 g/mol. The van der Waals surface area contributed by atoms with Crippen molar-refractivity contribution in [1.82, 2.24) is 5.32 Å². The zero-order valence-electron chi connectivity index (χ0n) is 11.1. The lowest BCUT2D eigenvalue weighted by Crippen LogP contribution is -3.05. The molecule has 3 N–H and O–H groups in total. The molecule has 0 unspecified atom stereocenters. The minimum atomic E-state index is 0.642. The molecule has 1 aromatic rings. The normalized spacial score (nSPS) is 10.5. The molecule has 0 atom stereocenters. The van der Waals surface area contributed by atoms with Crippen LogP contribution < -0.4 is 15.5 Å². The average molecular weight is 287 g/mol. The Kier molecular flexibility index (Phi) is 6.39. The summed E-state index contributed by atoms with van der Waals surface area (Å²) in [6, 6.07) is 5.83. The Morgan fingerprint density at radius 1 is 1.39 bits per heavy atom. The third-order valence-electron chi connectivity index (χ3n) is 2.57. The maximum atomic E-state index is 6.05. The Balaban J connectivity index is 2.33. The lowest BCUT2D eigenvalue weighted by molar-refractivity contribution is -0.858. The summed E-state index contributed by atoms with van der Waals surface area (Å²) in [6.45, 7) is 3.99. The lowest BCUT2D eigenvalue weighted by Gasteiger charge is -2.12. The molecule has 0 radical (unpaired) electrons. The maximum absolute atomic E-state index is 6.05. The Hall–Kier alpha value is -0.840. The molecule has 0 saturated heterocycles. The molecule has 100 valence electrons. The first-order valence-corrected chi connectivity index (χ1v) is 6.87. The SMILES string of the molecule is Cc1ccc(NC(=S)NCCC[NH+](C)C)cc1Cl. The number of rotatable bonds is 5. The highest BCUT2D eigenvalue weighted by Crippen LogP contribution is 2.19. The number of hydrogen-bond acceptors (Lipinski definition) is 1. The molecular formula is C13H21ClN3S+. The van der Waals surface area contributed by atoms with Crippen LogP contribution in [-0.4, -0.2) is 32.3 Å². The van der Waals surface area contributed by atoms with Gasteiger partial charge in [-0.2, -0.15) is 0 Å². The van der Waals surface area contributed by atoms with Gasteiger partial charge in [-0.1, -0.05) is 17.7 Å². The number of hydrogen-bond donors (Lipinski definition) is 3. The molecule has 0 bridgehead atoms. The van der Waals surface area contributed by atoms with Crippen molar-refractivity contribution in [3.05, 3.63) is 28.8 Å². The third kappa shape index (κ3) is 5.67. The van der Waals surface area contributed by atoms with Crippen LogP contribution in [0.3, 0.4) is 0 Å². The van der Waals surface area contributed by atoms with Gasteiger partial charge in [-0.25, -0.2) is 0 Å². The van der Waals surface area contributed by atoms with Gasteiger partial charge in [-0.15, -0.1) is 0 Å². The number of quaternary nitrogens is 1. The van der Waals surface area contributed by atoms with Crippen LogP contribution in [0.25, 0.3) is 0 Å². The highest BCUT2D eigenvalue weighted by Gasteiger charge is 2.00. The van der Waals surface area contributed by atoms with Crippen molar-refractivity contribution in [3.63, 3.8) is 0 Å². The first-order valence-electron chi connectivity index (χ1n) is 6.09. The second-order valence-electron chi connectivity index (χ2n) is 4.66. The molecule has 0 spiro atoms. The van der Waals surface area contributed by atoms with Crippen molar-refractivity contribution in [2.75, 3.05) is 32.5 Å². The molecule has 0 aliphatic heterocycles. The molecule has 0 heterocycles. The number of thiocarbonyl (C=S) groups is 1. The molecule has 0 saturated carbocycles. The van der Waals surface area contributed by atoms with Gasteiger partial charge in [0.15, 0.2) is 5.11 Å². The summed E-state index contributed by atoms with van der Waals surface area (Å²) in [5.74, 6) is 0. The van der Waals surface area contributed by atoms with Crippen LogP contribution >= 0.6 is 23.8 Å². The minimum Gasteiger partial charge on any atom is -0.362 e. The molecule has 1 aromatic carbocycles. The smallest absolute Gasteiger partial charge is 0.170 e. The molecule has 0 aliphatic carbocycles. The van der Waals surface area contributed by atoms with E-state index in [-0.39, 0.29) is 0 Å². The van der Waals surface area contributed by atoms with E-state index in [1.165, 1.54) is 4.90 Å². The lowest BCUT2D eigenvalue weighted by atomic mass is 10.2. The average Bonchev–Trinajstić information content (AvgIpc) is 2.29. The van der Waals surface area contributed by atoms with Crippen LogP contribution in [0.4, 0.5) is 5.69 Å². The van der Waals surface area contributed by atoms with E-state index in [9.17, 15) is 0 Å². The minimum absolute atomic E-state index is 0.642. The summed E-state index contributed by atoms with van der Waals surface area (Å²) in [6.07, 6.45) is 1.10. The monoisotopic (exact) mass is 286 g/mol. The number of nitrogens with one attached hydrogen (secondary N) is 3. The third-order valence-corrected chi connectivity index (χ3v) is 3.22. The van der Waals surface area contributed by atoms with Crippen LogP contribution in [0.5, 0.6) is 0 Å². The first-order chi connectivity index (χ1) is 8.49. The van der Waals surface area contributed by atoms with Crippen LogP contribution in [0, 0.1) is 6.92 Å². The van der Waals surface area contributed by atoms with Gasteiger partial charge in [0.2, 0.25) is 0 Å². The fourth-order valence-corrected chi connectivity index (χ4v) is 1.89. The zero-order valence-corrected chi connectivity index (χ0v) is 12.7. The maximum Gasteiger partial charge on any atom is 0.170 e. The summed E-state index contributed by atoms with van der Waals surface area (Å²) in [7, 11) is 4.29. The van der Waals surface area contributed by atoms with Gasteiger partial charge in [0.05, 0.1) is 20.6 Å². The van der Waals surface area contributed by atoms with E-state index in [1.54, 1.807) is 0 Å². The number of anilines is 1. The zero-order chi connectivity index (χ0) is 13.5. The van der Waals surface area contributed by atoms with Crippen molar-refractivity contribution >= 4 is 34.6 Å². The fourth-order valence-electron chi connectivity index (χ4n) is 1.49. The van der Waals surface area contributed by atoms with Crippen molar-refractivity contribution in [2.24, 2.45) is 0 Å². The molecule has 1 rings (SSSR count). The molecule has 3 nitrogen and oxygen atoms in total. The summed E-state index contributed by atoms with van der Waals surface area (Å²) in [4.78, 5) is 1.45. The van der Waals surface area contributed by atoms with Crippen LogP contribution in [0.2, 0.25) is 5.02 Å². The Morgan fingerprint density at radius 3 is 2.72 bits per heavy atom. The van der Waals surface area contributed by atoms with Gasteiger partial charge < -0.3 is 15.5 Å². The van der Waals surface area contributed by atoms with Crippen molar-refractivity contribution < 1.29 is 4.90 Å². The quantitative estimate of drug-likeness (QED) is 0.566. The number of halogens is 1. The Labute approximate surface area is 120 Å². The van der Waals surface area contributed by atoms with Gasteiger partial charge >= 0.3 is 0 Å². The molecule has 0 aromatic heterocycles. The van der Waals surface area contributed by atoms with E-state index in [4.69, 9.17) is 23.8 Å². The Morgan fingerprint density at radius 2 is 2.11 bits per heavy atom. The molecule has 0 fully saturated rings. The summed E-state index contributed by atoms with van der Waals surface area (Å²) in [5, 5.41) is 7.70. The van der Waals surface area contributed by atoms with Crippen molar-refractivity contribution in [3.8, 4) is 0 Å². The predicted molar refractivity (Wildman–Crippen MR) is 82.7 cm³/mol. The number of aryl methyl sites for hydroxylation is 1. The largest absolute Gasteiger partial charge is 0.362 e. The first kappa shape index (κ1) is 15.2.